The molecule has 0 aliphatic carbocycles. The Morgan fingerprint density at radius 2 is 1.85 bits per heavy atom. The molecule has 0 saturated heterocycles. The standard InChI is InChI=1S/C15H12BrCl2NO/c16-11-3-9-1-2-20-15(9)10(4-11)8-19-14-6-12(17)5-13(18)7-14/h3-7,19H,1-2,8H2. The number of hydrogen-bond donors (Lipinski definition) is 1. The molecule has 1 heterocycles. The van der Waals surface area contributed by atoms with E-state index in [-0.39, 0.29) is 0 Å². The van der Waals surface area contributed by atoms with Gasteiger partial charge in [-0.2, -0.15) is 0 Å². The van der Waals surface area contributed by atoms with Gasteiger partial charge in [0.2, 0.25) is 0 Å². The number of fused-ring (bicyclic) bond motifs is 1. The molecule has 0 spiro atoms. The number of benzene rings is 2. The van der Waals surface area contributed by atoms with Gasteiger partial charge in [0.25, 0.3) is 0 Å². The molecule has 0 amide bonds. The van der Waals surface area contributed by atoms with Crippen LogP contribution < -0.4 is 10.1 Å². The van der Waals surface area contributed by atoms with Crippen LogP contribution in [0.1, 0.15) is 11.1 Å². The Bertz CT molecular complexity index is 640. The zero-order valence-corrected chi connectivity index (χ0v) is 13.6. The smallest absolute Gasteiger partial charge is 0.127 e. The van der Waals surface area contributed by atoms with Crippen LogP contribution in [0.25, 0.3) is 0 Å². The molecule has 0 bridgehead atoms. The van der Waals surface area contributed by atoms with E-state index in [0.29, 0.717) is 16.6 Å². The molecule has 0 unspecified atom stereocenters. The van der Waals surface area contributed by atoms with Gasteiger partial charge in [-0.15, -0.1) is 0 Å². The fraction of sp³-hybridized carbons (Fsp3) is 0.200. The van der Waals surface area contributed by atoms with Crippen molar-refractivity contribution in [3.05, 3.63) is 56.0 Å². The predicted octanol–water partition coefficient (Wildman–Crippen LogP) is 5.30. The second-order valence-electron chi connectivity index (χ2n) is 4.66. The molecule has 104 valence electrons. The average Bonchev–Trinajstić information content (AvgIpc) is 2.82. The third kappa shape index (κ3) is 3.05. The van der Waals surface area contributed by atoms with Crippen molar-refractivity contribution in [1.29, 1.82) is 0 Å². The first-order valence-corrected chi connectivity index (χ1v) is 7.81. The van der Waals surface area contributed by atoms with Gasteiger partial charge in [-0.1, -0.05) is 39.1 Å². The van der Waals surface area contributed by atoms with Crippen molar-refractivity contribution in [3.8, 4) is 5.75 Å². The number of hydrogen-bond acceptors (Lipinski definition) is 2. The summed E-state index contributed by atoms with van der Waals surface area (Å²) in [7, 11) is 0. The second-order valence-corrected chi connectivity index (χ2v) is 6.45. The fourth-order valence-electron chi connectivity index (χ4n) is 2.33. The van der Waals surface area contributed by atoms with E-state index in [4.69, 9.17) is 27.9 Å². The summed E-state index contributed by atoms with van der Waals surface area (Å²) in [5, 5.41) is 4.57. The first-order chi connectivity index (χ1) is 9.61. The average molecular weight is 373 g/mol. The van der Waals surface area contributed by atoms with Crippen LogP contribution in [0.4, 0.5) is 5.69 Å². The van der Waals surface area contributed by atoms with Gasteiger partial charge in [0.1, 0.15) is 5.75 Å². The minimum atomic E-state index is 0.621. The largest absolute Gasteiger partial charge is 0.493 e. The third-order valence-electron chi connectivity index (χ3n) is 3.17. The minimum absolute atomic E-state index is 0.621. The molecule has 2 aromatic carbocycles. The Hall–Kier alpha value is -0.900. The van der Waals surface area contributed by atoms with Gasteiger partial charge < -0.3 is 10.1 Å². The van der Waals surface area contributed by atoms with Crippen LogP contribution in [-0.4, -0.2) is 6.61 Å². The molecule has 0 atom stereocenters. The lowest BCUT2D eigenvalue weighted by Crippen LogP contribution is -2.01. The molecule has 0 aromatic heterocycles. The van der Waals surface area contributed by atoms with E-state index < -0.39 is 0 Å². The highest BCUT2D eigenvalue weighted by Crippen LogP contribution is 2.33. The maximum atomic E-state index is 5.99. The summed E-state index contributed by atoms with van der Waals surface area (Å²) in [4.78, 5) is 0. The van der Waals surface area contributed by atoms with Crippen molar-refractivity contribution in [2.45, 2.75) is 13.0 Å². The molecule has 0 saturated carbocycles. The molecule has 1 aliphatic heterocycles. The van der Waals surface area contributed by atoms with Crippen LogP contribution in [-0.2, 0) is 13.0 Å². The molecule has 2 nitrogen and oxygen atoms in total. The van der Waals surface area contributed by atoms with Crippen LogP contribution in [0.5, 0.6) is 5.75 Å². The first kappa shape index (κ1) is 14.1. The number of ether oxygens (including phenoxy) is 1. The van der Waals surface area contributed by atoms with Crippen LogP contribution in [0.2, 0.25) is 10.0 Å². The lowest BCUT2D eigenvalue weighted by atomic mass is 10.1. The van der Waals surface area contributed by atoms with E-state index in [0.717, 1.165) is 34.5 Å². The van der Waals surface area contributed by atoms with Crippen LogP contribution in [0.15, 0.2) is 34.8 Å². The lowest BCUT2D eigenvalue weighted by Gasteiger charge is -2.12. The molecular formula is C15H12BrCl2NO. The van der Waals surface area contributed by atoms with Gasteiger partial charge in [0.05, 0.1) is 6.61 Å². The van der Waals surface area contributed by atoms with E-state index in [1.807, 2.05) is 12.1 Å². The van der Waals surface area contributed by atoms with E-state index in [9.17, 15) is 0 Å². The highest BCUT2D eigenvalue weighted by Gasteiger charge is 2.17. The zero-order valence-electron chi connectivity index (χ0n) is 10.6. The summed E-state index contributed by atoms with van der Waals surface area (Å²) in [5.41, 5.74) is 3.28. The third-order valence-corrected chi connectivity index (χ3v) is 4.07. The van der Waals surface area contributed by atoms with Crippen molar-refractivity contribution in [2.24, 2.45) is 0 Å². The summed E-state index contributed by atoms with van der Waals surface area (Å²) in [6.45, 7) is 1.42. The van der Waals surface area contributed by atoms with E-state index in [1.54, 1.807) is 6.07 Å². The van der Waals surface area contributed by atoms with Crippen LogP contribution in [0, 0.1) is 0 Å². The number of rotatable bonds is 3. The number of anilines is 1. The Labute approximate surface area is 136 Å². The highest BCUT2D eigenvalue weighted by atomic mass is 79.9. The quantitative estimate of drug-likeness (QED) is 0.788. The molecule has 0 radical (unpaired) electrons. The van der Waals surface area contributed by atoms with Crippen LogP contribution >= 0.6 is 39.1 Å². The Balaban J connectivity index is 1.82. The second kappa shape index (κ2) is 5.84. The summed E-state index contributed by atoms with van der Waals surface area (Å²) in [6.07, 6.45) is 0.963. The van der Waals surface area contributed by atoms with E-state index in [1.165, 1.54) is 5.56 Å². The van der Waals surface area contributed by atoms with Crippen molar-refractivity contribution in [3.63, 3.8) is 0 Å². The first-order valence-electron chi connectivity index (χ1n) is 6.26. The molecular weight excluding hydrogens is 361 g/mol. The maximum absolute atomic E-state index is 5.99. The van der Waals surface area contributed by atoms with Gasteiger partial charge in [-0.3, -0.25) is 0 Å². The van der Waals surface area contributed by atoms with Crippen LogP contribution in [0.3, 0.4) is 0 Å². The Kier molecular flexibility index (Phi) is 4.11. The SMILES string of the molecule is Clc1cc(Cl)cc(NCc2cc(Br)cc3c2OCC3)c1. The Morgan fingerprint density at radius 3 is 2.60 bits per heavy atom. The number of nitrogens with one attached hydrogen (secondary N) is 1. The van der Waals surface area contributed by atoms with E-state index >= 15 is 0 Å². The van der Waals surface area contributed by atoms with Gasteiger partial charge in [-0.05, 0) is 35.9 Å². The van der Waals surface area contributed by atoms with Gasteiger partial charge in [0, 0.05) is 38.7 Å². The van der Waals surface area contributed by atoms with Crippen molar-refractivity contribution in [1.82, 2.24) is 0 Å². The molecule has 1 aliphatic rings. The summed E-state index contributed by atoms with van der Waals surface area (Å²) in [5.74, 6) is 0.994. The highest BCUT2D eigenvalue weighted by molar-refractivity contribution is 9.10. The topological polar surface area (TPSA) is 21.3 Å². The van der Waals surface area contributed by atoms with E-state index in [2.05, 4.69) is 33.4 Å². The summed E-state index contributed by atoms with van der Waals surface area (Å²) in [6, 6.07) is 9.61. The monoisotopic (exact) mass is 371 g/mol. The lowest BCUT2D eigenvalue weighted by molar-refractivity contribution is 0.354. The molecule has 5 heteroatoms. The fourth-order valence-corrected chi connectivity index (χ4v) is 3.41. The Morgan fingerprint density at radius 1 is 1.10 bits per heavy atom. The minimum Gasteiger partial charge on any atom is -0.493 e. The van der Waals surface area contributed by atoms with Crippen molar-refractivity contribution in [2.75, 3.05) is 11.9 Å². The predicted molar refractivity (Wildman–Crippen MR) is 87.1 cm³/mol. The summed E-state index contributed by atoms with van der Waals surface area (Å²) < 4.78 is 6.78. The normalized spacial score (nSPS) is 12.9. The van der Waals surface area contributed by atoms with Gasteiger partial charge in [-0.25, -0.2) is 0 Å². The molecule has 0 fully saturated rings. The van der Waals surface area contributed by atoms with Gasteiger partial charge >= 0.3 is 0 Å². The maximum Gasteiger partial charge on any atom is 0.127 e. The molecule has 2 aromatic rings. The number of halogens is 3. The molecule has 20 heavy (non-hydrogen) atoms. The van der Waals surface area contributed by atoms with Crippen molar-refractivity contribution < 1.29 is 4.74 Å². The summed E-state index contributed by atoms with van der Waals surface area (Å²) >= 11 is 15.5. The van der Waals surface area contributed by atoms with Crippen molar-refractivity contribution >= 4 is 44.8 Å². The molecule has 3 rings (SSSR count). The zero-order chi connectivity index (χ0) is 14.1. The molecule has 1 N–H and O–H groups in total. The van der Waals surface area contributed by atoms with Gasteiger partial charge in [0.15, 0.2) is 0 Å².